The highest BCUT2D eigenvalue weighted by molar-refractivity contribution is 5.76. The Balaban J connectivity index is 3.24. The fraction of sp³-hybridized carbons (Fsp3) is 0.300. The highest BCUT2D eigenvalue weighted by Crippen LogP contribution is 2.28. The Hall–Kier alpha value is -1.55. The third-order valence-corrected chi connectivity index (χ3v) is 2.33. The molecule has 0 saturated carbocycles. The monoisotopic (exact) mass is 195 g/mol. The number of aliphatic carboxylic acids is 1. The van der Waals surface area contributed by atoms with Gasteiger partial charge in [0.1, 0.15) is 11.8 Å². The number of hydrogen-bond acceptors (Lipinski definition) is 3. The van der Waals surface area contributed by atoms with Gasteiger partial charge in [-0.1, -0.05) is 12.1 Å². The van der Waals surface area contributed by atoms with E-state index in [-0.39, 0.29) is 11.3 Å². The second kappa shape index (κ2) is 3.67. The fourth-order valence-corrected chi connectivity index (χ4v) is 1.21. The summed E-state index contributed by atoms with van der Waals surface area (Å²) in [5, 5.41) is 18.3. The fourth-order valence-electron chi connectivity index (χ4n) is 1.21. The molecule has 0 saturated heterocycles. The molecule has 0 bridgehead atoms. The number of rotatable bonds is 2. The third-order valence-electron chi connectivity index (χ3n) is 2.33. The SMILES string of the molecule is Cc1ccc(C(N)C(=O)O)c(O)c1C. The molecular formula is C10H13NO3. The molecule has 1 aromatic rings. The number of benzene rings is 1. The summed E-state index contributed by atoms with van der Waals surface area (Å²) in [7, 11) is 0. The Morgan fingerprint density at radius 3 is 2.50 bits per heavy atom. The van der Waals surface area contributed by atoms with Crippen LogP contribution in [0.2, 0.25) is 0 Å². The Morgan fingerprint density at radius 2 is 2.00 bits per heavy atom. The Morgan fingerprint density at radius 1 is 1.43 bits per heavy atom. The van der Waals surface area contributed by atoms with Crippen LogP contribution in [0.15, 0.2) is 12.1 Å². The van der Waals surface area contributed by atoms with Crippen LogP contribution in [0.5, 0.6) is 5.75 Å². The molecular weight excluding hydrogens is 182 g/mol. The molecule has 0 aliphatic heterocycles. The maximum Gasteiger partial charge on any atom is 0.325 e. The molecule has 1 aromatic carbocycles. The van der Waals surface area contributed by atoms with Crippen molar-refractivity contribution in [2.75, 3.05) is 0 Å². The van der Waals surface area contributed by atoms with E-state index in [1.54, 1.807) is 13.0 Å². The summed E-state index contributed by atoms with van der Waals surface area (Å²) in [6, 6.07) is 2.11. The van der Waals surface area contributed by atoms with Gasteiger partial charge in [-0.2, -0.15) is 0 Å². The molecule has 4 heteroatoms. The minimum atomic E-state index is -1.17. The van der Waals surface area contributed by atoms with Gasteiger partial charge in [0.15, 0.2) is 0 Å². The smallest absolute Gasteiger partial charge is 0.325 e. The van der Waals surface area contributed by atoms with Crippen LogP contribution in [0.4, 0.5) is 0 Å². The first-order valence-electron chi connectivity index (χ1n) is 4.22. The van der Waals surface area contributed by atoms with Crippen LogP contribution in [0.1, 0.15) is 22.7 Å². The first kappa shape index (κ1) is 10.5. The Bertz CT molecular complexity index is 374. The van der Waals surface area contributed by atoms with E-state index >= 15 is 0 Å². The minimum Gasteiger partial charge on any atom is -0.507 e. The van der Waals surface area contributed by atoms with Crippen LogP contribution in [-0.2, 0) is 4.79 Å². The van der Waals surface area contributed by atoms with Gasteiger partial charge in [-0.3, -0.25) is 4.79 Å². The lowest BCUT2D eigenvalue weighted by molar-refractivity contribution is -0.138. The van der Waals surface area contributed by atoms with E-state index in [1.807, 2.05) is 6.92 Å². The molecule has 4 N–H and O–H groups in total. The molecule has 0 fully saturated rings. The van der Waals surface area contributed by atoms with Crippen molar-refractivity contribution in [2.24, 2.45) is 5.73 Å². The van der Waals surface area contributed by atoms with Gasteiger partial charge in [0.25, 0.3) is 0 Å². The van der Waals surface area contributed by atoms with Crippen molar-refractivity contribution in [3.63, 3.8) is 0 Å². The van der Waals surface area contributed by atoms with Crippen molar-refractivity contribution in [1.29, 1.82) is 0 Å². The largest absolute Gasteiger partial charge is 0.507 e. The highest BCUT2D eigenvalue weighted by atomic mass is 16.4. The second-order valence-corrected chi connectivity index (χ2v) is 3.26. The molecule has 76 valence electrons. The van der Waals surface area contributed by atoms with E-state index in [0.29, 0.717) is 5.56 Å². The second-order valence-electron chi connectivity index (χ2n) is 3.26. The van der Waals surface area contributed by atoms with Gasteiger partial charge >= 0.3 is 5.97 Å². The van der Waals surface area contributed by atoms with E-state index in [1.165, 1.54) is 6.07 Å². The van der Waals surface area contributed by atoms with Crippen molar-refractivity contribution in [3.05, 3.63) is 28.8 Å². The van der Waals surface area contributed by atoms with E-state index < -0.39 is 12.0 Å². The molecule has 0 aromatic heterocycles. The number of hydrogen-bond donors (Lipinski definition) is 3. The summed E-state index contributed by atoms with van der Waals surface area (Å²) < 4.78 is 0. The van der Waals surface area contributed by atoms with Gasteiger partial charge in [-0.05, 0) is 25.0 Å². The number of carbonyl (C=O) groups is 1. The molecule has 0 radical (unpaired) electrons. The Kier molecular flexibility index (Phi) is 2.76. The van der Waals surface area contributed by atoms with Crippen molar-refractivity contribution < 1.29 is 15.0 Å². The maximum atomic E-state index is 10.6. The maximum absolute atomic E-state index is 10.6. The van der Waals surface area contributed by atoms with Gasteiger partial charge in [-0.25, -0.2) is 0 Å². The number of carboxylic acids is 1. The van der Waals surface area contributed by atoms with Crippen LogP contribution in [0.3, 0.4) is 0 Å². The summed E-state index contributed by atoms with van der Waals surface area (Å²) in [5.74, 6) is -1.18. The zero-order chi connectivity index (χ0) is 10.9. The number of carboxylic acid groups (broad SMARTS) is 1. The minimum absolute atomic E-state index is 0.0279. The summed E-state index contributed by atoms with van der Waals surface area (Å²) in [5.41, 5.74) is 7.22. The number of phenols is 1. The van der Waals surface area contributed by atoms with Gasteiger partial charge in [0.2, 0.25) is 0 Å². The molecule has 4 nitrogen and oxygen atoms in total. The number of nitrogens with two attached hydrogens (primary N) is 1. The summed E-state index contributed by atoms with van der Waals surface area (Å²) >= 11 is 0. The number of phenolic OH excluding ortho intramolecular Hbond substituents is 1. The molecule has 0 spiro atoms. The number of aryl methyl sites for hydroxylation is 1. The van der Waals surface area contributed by atoms with Crippen LogP contribution in [0, 0.1) is 13.8 Å². The quantitative estimate of drug-likeness (QED) is 0.659. The molecule has 0 amide bonds. The zero-order valence-corrected chi connectivity index (χ0v) is 8.11. The molecule has 1 atom stereocenters. The molecule has 1 rings (SSSR count). The summed E-state index contributed by atoms with van der Waals surface area (Å²) in [6.07, 6.45) is 0. The van der Waals surface area contributed by atoms with Gasteiger partial charge in [0.05, 0.1) is 0 Å². The van der Waals surface area contributed by atoms with Gasteiger partial charge < -0.3 is 15.9 Å². The van der Waals surface area contributed by atoms with E-state index in [0.717, 1.165) is 5.56 Å². The standard InChI is InChI=1S/C10H13NO3/c1-5-3-4-7(8(11)10(13)14)9(12)6(5)2/h3-4,8,12H,11H2,1-2H3,(H,13,14). The Labute approximate surface area is 82.0 Å². The van der Waals surface area contributed by atoms with Gasteiger partial charge in [-0.15, -0.1) is 0 Å². The van der Waals surface area contributed by atoms with Crippen molar-refractivity contribution in [3.8, 4) is 5.75 Å². The topological polar surface area (TPSA) is 83.6 Å². The summed E-state index contributed by atoms with van der Waals surface area (Å²) in [4.78, 5) is 10.6. The average molecular weight is 195 g/mol. The lowest BCUT2D eigenvalue weighted by Crippen LogP contribution is -2.20. The van der Waals surface area contributed by atoms with Crippen LogP contribution >= 0.6 is 0 Å². The van der Waals surface area contributed by atoms with E-state index in [4.69, 9.17) is 10.8 Å². The lowest BCUT2D eigenvalue weighted by atomic mass is 10.00. The average Bonchev–Trinajstić information content (AvgIpc) is 2.13. The van der Waals surface area contributed by atoms with Crippen LogP contribution in [0.25, 0.3) is 0 Å². The molecule has 0 aliphatic rings. The van der Waals surface area contributed by atoms with Crippen molar-refractivity contribution in [2.45, 2.75) is 19.9 Å². The van der Waals surface area contributed by atoms with Crippen molar-refractivity contribution in [1.82, 2.24) is 0 Å². The summed E-state index contributed by atoms with van der Waals surface area (Å²) in [6.45, 7) is 3.56. The first-order chi connectivity index (χ1) is 6.45. The highest BCUT2D eigenvalue weighted by Gasteiger charge is 2.19. The third kappa shape index (κ3) is 1.70. The molecule has 14 heavy (non-hydrogen) atoms. The molecule has 1 unspecified atom stereocenters. The normalized spacial score (nSPS) is 12.5. The predicted octanol–water partition coefficient (Wildman–Crippen LogP) is 1.09. The van der Waals surface area contributed by atoms with Gasteiger partial charge in [0, 0.05) is 5.56 Å². The van der Waals surface area contributed by atoms with Crippen LogP contribution < -0.4 is 5.73 Å². The van der Waals surface area contributed by atoms with E-state index in [2.05, 4.69) is 0 Å². The molecule has 0 aliphatic carbocycles. The van der Waals surface area contributed by atoms with Crippen molar-refractivity contribution >= 4 is 5.97 Å². The molecule has 0 heterocycles. The van der Waals surface area contributed by atoms with E-state index in [9.17, 15) is 9.90 Å². The lowest BCUT2D eigenvalue weighted by Gasteiger charge is -2.12. The first-order valence-corrected chi connectivity index (χ1v) is 4.22. The predicted molar refractivity (Wildman–Crippen MR) is 52.1 cm³/mol. The number of aromatic hydroxyl groups is 1. The zero-order valence-electron chi connectivity index (χ0n) is 8.11. The van der Waals surface area contributed by atoms with Crippen LogP contribution in [-0.4, -0.2) is 16.2 Å².